The first-order valence-electron chi connectivity index (χ1n) is 6.55. The highest BCUT2D eigenvalue weighted by atomic mass is 32.1. The van der Waals surface area contributed by atoms with Crippen molar-refractivity contribution in [1.82, 2.24) is 10.3 Å². The normalized spacial score (nSPS) is 12.4. The molecule has 98 valence electrons. The van der Waals surface area contributed by atoms with Gasteiger partial charge in [-0.05, 0) is 25.3 Å². The van der Waals surface area contributed by atoms with Gasteiger partial charge >= 0.3 is 0 Å². The van der Waals surface area contributed by atoms with Gasteiger partial charge in [0.05, 0.1) is 10.7 Å². The average Bonchev–Trinajstić information content (AvgIpc) is 2.64. The van der Waals surface area contributed by atoms with Gasteiger partial charge in [-0.1, -0.05) is 34.6 Å². The summed E-state index contributed by atoms with van der Waals surface area (Å²) in [4.78, 5) is 4.67. The lowest BCUT2D eigenvalue weighted by Crippen LogP contribution is -2.16. The Hall–Kier alpha value is -0.410. The molecule has 0 aliphatic heterocycles. The van der Waals surface area contributed by atoms with E-state index in [1.807, 2.05) is 0 Å². The first-order chi connectivity index (χ1) is 7.89. The van der Waals surface area contributed by atoms with Gasteiger partial charge in [-0.3, -0.25) is 0 Å². The van der Waals surface area contributed by atoms with E-state index < -0.39 is 0 Å². The molecule has 0 aliphatic carbocycles. The van der Waals surface area contributed by atoms with Crippen LogP contribution >= 0.6 is 11.3 Å². The summed E-state index contributed by atoms with van der Waals surface area (Å²) in [6.45, 7) is 13.2. The molecule has 2 nitrogen and oxygen atoms in total. The molecular weight excluding hydrogens is 228 g/mol. The van der Waals surface area contributed by atoms with Crippen molar-refractivity contribution in [2.45, 2.75) is 59.4 Å². The summed E-state index contributed by atoms with van der Waals surface area (Å²) < 4.78 is 0. The standard InChI is InChI=1S/C14H26N2S/c1-11(2)7-6-8-15-9-12-10-17-13(16-12)14(3,4)5/h10-11,15H,6-9H2,1-5H3. The summed E-state index contributed by atoms with van der Waals surface area (Å²) in [5.74, 6) is 0.809. The van der Waals surface area contributed by atoms with Gasteiger partial charge in [0.15, 0.2) is 0 Å². The van der Waals surface area contributed by atoms with Crippen LogP contribution < -0.4 is 5.32 Å². The van der Waals surface area contributed by atoms with Crippen molar-refractivity contribution >= 4 is 11.3 Å². The van der Waals surface area contributed by atoms with Gasteiger partial charge in [0.1, 0.15) is 0 Å². The largest absolute Gasteiger partial charge is 0.311 e. The zero-order valence-electron chi connectivity index (χ0n) is 11.8. The Morgan fingerprint density at radius 3 is 2.59 bits per heavy atom. The molecule has 0 saturated carbocycles. The number of rotatable bonds is 6. The molecule has 0 amide bonds. The molecule has 1 rings (SSSR count). The second kappa shape index (κ2) is 6.50. The number of aromatic nitrogens is 1. The van der Waals surface area contributed by atoms with Gasteiger partial charge in [-0.2, -0.15) is 0 Å². The highest BCUT2D eigenvalue weighted by Crippen LogP contribution is 2.25. The number of thiazole rings is 1. The highest BCUT2D eigenvalue weighted by Gasteiger charge is 2.17. The molecule has 0 fully saturated rings. The monoisotopic (exact) mass is 254 g/mol. The zero-order chi connectivity index (χ0) is 12.9. The summed E-state index contributed by atoms with van der Waals surface area (Å²) in [7, 11) is 0. The van der Waals surface area contributed by atoms with E-state index in [-0.39, 0.29) is 5.41 Å². The third-order valence-corrected chi connectivity index (χ3v) is 3.95. The van der Waals surface area contributed by atoms with Crippen LogP contribution in [0.5, 0.6) is 0 Å². The predicted molar refractivity (Wildman–Crippen MR) is 76.6 cm³/mol. The lowest BCUT2D eigenvalue weighted by Gasteiger charge is -2.13. The van der Waals surface area contributed by atoms with Crippen LogP contribution in [0.2, 0.25) is 0 Å². The summed E-state index contributed by atoms with van der Waals surface area (Å²) in [6, 6.07) is 0. The van der Waals surface area contributed by atoms with Crippen molar-refractivity contribution in [1.29, 1.82) is 0 Å². The first-order valence-corrected chi connectivity index (χ1v) is 7.43. The van der Waals surface area contributed by atoms with Crippen LogP contribution in [0.4, 0.5) is 0 Å². The molecule has 0 bridgehead atoms. The minimum atomic E-state index is 0.181. The van der Waals surface area contributed by atoms with Crippen molar-refractivity contribution in [2.75, 3.05) is 6.54 Å². The maximum absolute atomic E-state index is 4.67. The zero-order valence-corrected chi connectivity index (χ0v) is 12.7. The van der Waals surface area contributed by atoms with E-state index in [1.165, 1.54) is 23.5 Å². The smallest absolute Gasteiger partial charge is 0.0982 e. The molecule has 0 atom stereocenters. The van der Waals surface area contributed by atoms with Crippen molar-refractivity contribution in [3.63, 3.8) is 0 Å². The van der Waals surface area contributed by atoms with Gasteiger partial charge in [0, 0.05) is 17.3 Å². The van der Waals surface area contributed by atoms with Crippen LogP contribution in [0.3, 0.4) is 0 Å². The minimum Gasteiger partial charge on any atom is -0.311 e. The van der Waals surface area contributed by atoms with Gasteiger partial charge in [0.2, 0.25) is 0 Å². The van der Waals surface area contributed by atoms with Gasteiger partial charge in [-0.15, -0.1) is 11.3 Å². The second-order valence-electron chi connectivity index (χ2n) is 6.11. The lowest BCUT2D eigenvalue weighted by atomic mass is 9.98. The molecule has 0 spiro atoms. The van der Waals surface area contributed by atoms with E-state index in [0.717, 1.165) is 19.0 Å². The van der Waals surface area contributed by atoms with Crippen molar-refractivity contribution in [3.05, 3.63) is 16.1 Å². The van der Waals surface area contributed by atoms with Gasteiger partial charge in [0.25, 0.3) is 0 Å². The SMILES string of the molecule is CC(C)CCCNCc1csc(C(C)(C)C)n1. The second-order valence-corrected chi connectivity index (χ2v) is 6.96. The number of nitrogens with zero attached hydrogens (tertiary/aromatic N) is 1. The molecule has 0 radical (unpaired) electrons. The van der Waals surface area contributed by atoms with Crippen LogP contribution in [-0.4, -0.2) is 11.5 Å². The molecule has 1 aromatic rings. The fourth-order valence-corrected chi connectivity index (χ4v) is 2.49. The third kappa shape index (κ3) is 5.64. The van der Waals surface area contributed by atoms with E-state index in [0.29, 0.717) is 0 Å². The minimum absolute atomic E-state index is 0.181. The Bertz CT molecular complexity index is 323. The van der Waals surface area contributed by atoms with Crippen molar-refractivity contribution in [2.24, 2.45) is 5.92 Å². The van der Waals surface area contributed by atoms with E-state index >= 15 is 0 Å². The lowest BCUT2D eigenvalue weighted by molar-refractivity contribution is 0.524. The van der Waals surface area contributed by atoms with Crippen LogP contribution in [0.15, 0.2) is 5.38 Å². The Morgan fingerprint density at radius 1 is 1.35 bits per heavy atom. The Labute approximate surface area is 110 Å². The first kappa shape index (κ1) is 14.7. The van der Waals surface area contributed by atoms with E-state index in [4.69, 9.17) is 0 Å². The molecule has 1 N–H and O–H groups in total. The van der Waals surface area contributed by atoms with E-state index in [2.05, 4.69) is 50.3 Å². The summed E-state index contributed by atoms with van der Waals surface area (Å²) >= 11 is 1.77. The van der Waals surface area contributed by atoms with E-state index in [9.17, 15) is 0 Å². The van der Waals surface area contributed by atoms with Gasteiger partial charge in [-0.25, -0.2) is 4.98 Å². The topological polar surface area (TPSA) is 24.9 Å². The molecule has 0 unspecified atom stereocenters. The fourth-order valence-electron chi connectivity index (χ4n) is 1.58. The van der Waals surface area contributed by atoms with Crippen LogP contribution in [0, 0.1) is 5.92 Å². The molecule has 0 saturated heterocycles. The molecular formula is C14H26N2S. The molecule has 0 aliphatic rings. The van der Waals surface area contributed by atoms with Crippen LogP contribution in [0.25, 0.3) is 0 Å². The quantitative estimate of drug-likeness (QED) is 0.777. The molecule has 1 heterocycles. The van der Waals surface area contributed by atoms with E-state index in [1.54, 1.807) is 11.3 Å². The van der Waals surface area contributed by atoms with Crippen molar-refractivity contribution < 1.29 is 0 Å². The molecule has 0 aromatic carbocycles. The predicted octanol–water partition coefficient (Wildman–Crippen LogP) is 3.97. The molecule has 1 aromatic heterocycles. The highest BCUT2D eigenvalue weighted by molar-refractivity contribution is 7.09. The van der Waals surface area contributed by atoms with Crippen LogP contribution in [-0.2, 0) is 12.0 Å². The van der Waals surface area contributed by atoms with Crippen molar-refractivity contribution in [3.8, 4) is 0 Å². The summed E-state index contributed by atoms with van der Waals surface area (Å²) in [5, 5.41) is 6.88. The fraction of sp³-hybridized carbons (Fsp3) is 0.786. The molecule has 3 heteroatoms. The Kier molecular flexibility index (Phi) is 5.60. The third-order valence-electron chi connectivity index (χ3n) is 2.63. The number of nitrogens with one attached hydrogen (secondary N) is 1. The maximum Gasteiger partial charge on any atom is 0.0982 e. The summed E-state index contributed by atoms with van der Waals surface area (Å²) in [6.07, 6.45) is 2.56. The Morgan fingerprint density at radius 2 is 2.06 bits per heavy atom. The van der Waals surface area contributed by atoms with Gasteiger partial charge < -0.3 is 5.32 Å². The number of hydrogen-bond donors (Lipinski definition) is 1. The summed E-state index contributed by atoms with van der Waals surface area (Å²) in [5.41, 5.74) is 1.37. The Balaban J connectivity index is 2.26. The molecule has 17 heavy (non-hydrogen) atoms. The maximum atomic E-state index is 4.67. The average molecular weight is 254 g/mol. The number of hydrogen-bond acceptors (Lipinski definition) is 3. The van der Waals surface area contributed by atoms with Crippen LogP contribution in [0.1, 0.15) is 58.2 Å².